The van der Waals surface area contributed by atoms with Crippen molar-refractivity contribution in [2.75, 3.05) is 13.1 Å². The number of carbonyl (C=O) groups is 2. The highest BCUT2D eigenvalue weighted by atomic mass is 16.2. The molecule has 1 fully saturated rings. The Hall–Kier alpha value is -2.46. The lowest BCUT2D eigenvalue weighted by Crippen LogP contribution is -2.52. The van der Waals surface area contributed by atoms with Crippen molar-refractivity contribution in [1.82, 2.24) is 10.2 Å². The largest absolute Gasteiger partial charge is 0.294 e. The monoisotopic (exact) mass is 280 g/mol. The highest BCUT2D eigenvalue weighted by Gasteiger charge is 2.30. The molecule has 21 heavy (non-hydrogen) atoms. The van der Waals surface area contributed by atoms with E-state index in [0.717, 1.165) is 11.1 Å². The van der Waals surface area contributed by atoms with E-state index in [1.54, 1.807) is 0 Å². The van der Waals surface area contributed by atoms with E-state index in [9.17, 15) is 9.59 Å². The molecule has 2 aromatic rings. The minimum Gasteiger partial charge on any atom is -0.294 e. The zero-order valence-corrected chi connectivity index (χ0v) is 11.5. The predicted octanol–water partition coefficient (Wildman–Crippen LogP) is 1.73. The lowest BCUT2D eigenvalue weighted by Gasteiger charge is -2.33. The lowest BCUT2D eigenvalue weighted by molar-refractivity contribution is -0.136. The number of nitrogens with zero attached hydrogens (tertiary/aromatic N) is 1. The van der Waals surface area contributed by atoms with Crippen LogP contribution in [0.25, 0.3) is 0 Å². The van der Waals surface area contributed by atoms with Crippen molar-refractivity contribution < 1.29 is 9.59 Å². The third-order valence-electron chi connectivity index (χ3n) is 3.57. The molecule has 1 aliphatic rings. The Morgan fingerprint density at radius 3 is 1.62 bits per heavy atom. The van der Waals surface area contributed by atoms with Crippen LogP contribution in [0.1, 0.15) is 17.2 Å². The zero-order chi connectivity index (χ0) is 14.7. The first kappa shape index (κ1) is 13.5. The Morgan fingerprint density at radius 1 is 0.762 bits per heavy atom. The number of amides is 2. The number of carbonyl (C=O) groups excluding carboxylic acids is 2. The van der Waals surface area contributed by atoms with E-state index >= 15 is 0 Å². The summed E-state index contributed by atoms with van der Waals surface area (Å²) in [7, 11) is 0. The number of hydrogen-bond acceptors (Lipinski definition) is 3. The predicted molar refractivity (Wildman–Crippen MR) is 79.4 cm³/mol. The average Bonchev–Trinajstić information content (AvgIpc) is 2.49. The Balaban J connectivity index is 2.00. The van der Waals surface area contributed by atoms with E-state index in [0.29, 0.717) is 0 Å². The molecule has 0 spiro atoms. The number of benzene rings is 2. The molecule has 2 aromatic carbocycles. The smallest absolute Gasteiger partial charge is 0.240 e. The molecule has 3 rings (SSSR count). The highest BCUT2D eigenvalue weighted by molar-refractivity contribution is 5.99. The van der Waals surface area contributed by atoms with Crippen molar-refractivity contribution in [2.24, 2.45) is 0 Å². The molecule has 0 radical (unpaired) electrons. The van der Waals surface area contributed by atoms with Gasteiger partial charge < -0.3 is 0 Å². The molecule has 106 valence electrons. The van der Waals surface area contributed by atoms with Crippen molar-refractivity contribution in [3.63, 3.8) is 0 Å². The van der Waals surface area contributed by atoms with Crippen LogP contribution in [0.2, 0.25) is 0 Å². The Labute approximate surface area is 123 Å². The van der Waals surface area contributed by atoms with Gasteiger partial charge in [0.1, 0.15) is 0 Å². The Bertz CT molecular complexity index is 585. The summed E-state index contributed by atoms with van der Waals surface area (Å²) in [6, 6.07) is 19.8. The van der Waals surface area contributed by atoms with Crippen molar-refractivity contribution in [2.45, 2.75) is 6.04 Å². The summed E-state index contributed by atoms with van der Waals surface area (Å²) >= 11 is 0. The Morgan fingerprint density at radius 2 is 1.19 bits per heavy atom. The van der Waals surface area contributed by atoms with Crippen molar-refractivity contribution in [3.05, 3.63) is 71.8 Å². The van der Waals surface area contributed by atoms with Gasteiger partial charge in [0.05, 0.1) is 19.1 Å². The molecular formula is C17H16N2O2. The zero-order valence-electron chi connectivity index (χ0n) is 11.5. The van der Waals surface area contributed by atoms with Gasteiger partial charge in [0.15, 0.2) is 0 Å². The van der Waals surface area contributed by atoms with E-state index in [4.69, 9.17) is 0 Å². The van der Waals surface area contributed by atoms with Gasteiger partial charge in [0, 0.05) is 0 Å². The van der Waals surface area contributed by atoms with Crippen LogP contribution in [0.4, 0.5) is 0 Å². The number of rotatable bonds is 3. The summed E-state index contributed by atoms with van der Waals surface area (Å²) in [6.45, 7) is 0.445. The summed E-state index contributed by atoms with van der Waals surface area (Å²) in [5.41, 5.74) is 2.15. The molecule has 1 saturated heterocycles. The molecule has 1 heterocycles. The fourth-order valence-electron chi connectivity index (χ4n) is 2.73. The first-order valence-electron chi connectivity index (χ1n) is 6.90. The quantitative estimate of drug-likeness (QED) is 0.871. The molecule has 0 aromatic heterocycles. The maximum absolute atomic E-state index is 11.7. The van der Waals surface area contributed by atoms with Crippen LogP contribution < -0.4 is 5.32 Å². The van der Waals surface area contributed by atoms with Gasteiger partial charge in [-0.2, -0.15) is 0 Å². The number of piperazine rings is 1. The highest BCUT2D eigenvalue weighted by Crippen LogP contribution is 2.28. The third-order valence-corrected chi connectivity index (χ3v) is 3.57. The standard InChI is InChI=1S/C17H16N2O2/c20-15-11-19(12-16(21)18-15)17(13-7-3-1-4-8-13)14-9-5-2-6-10-14/h1-10,17H,11-12H2,(H,18,20,21). The molecule has 0 aliphatic carbocycles. The second-order valence-electron chi connectivity index (χ2n) is 5.10. The van der Waals surface area contributed by atoms with E-state index in [1.807, 2.05) is 65.6 Å². The first-order valence-corrected chi connectivity index (χ1v) is 6.90. The second kappa shape index (κ2) is 5.89. The van der Waals surface area contributed by atoms with E-state index in [1.165, 1.54) is 0 Å². The van der Waals surface area contributed by atoms with Gasteiger partial charge in [0.2, 0.25) is 11.8 Å². The lowest BCUT2D eigenvalue weighted by atomic mass is 9.96. The summed E-state index contributed by atoms with van der Waals surface area (Å²) < 4.78 is 0. The molecule has 1 aliphatic heterocycles. The van der Waals surface area contributed by atoms with Crippen molar-refractivity contribution in [1.29, 1.82) is 0 Å². The molecule has 0 atom stereocenters. The molecule has 0 bridgehead atoms. The SMILES string of the molecule is O=C1CN(C(c2ccccc2)c2ccccc2)CC(=O)N1. The minimum atomic E-state index is -0.247. The summed E-state index contributed by atoms with van der Waals surface area (Å²) in [5, 5.41) is 2.35. The van der Waals surface area contributed by atoms with Gasteiger partial charge in [-0.3, -0.25) is 19.8 Å². The number of nitrogens with one attached hydrogen (secondary N) is 1. The maximum Gasteiger partial charge on any atom is 0.240 e. The van der Waals surface area contributed by atoms with Gasteiger partial charge in [0.25, 0.3) is 0 Å². The van der Waals surface area contributed by atoms with Gasteiger partial charge >= 0.3 is 0 Å². The van der Waals surface area contributed by atoms with Crippen LogP contribution >= 0.6 is 0 Å². The average molecular weight is 280 g/mol. The van der Waals surface area contributed by atoms with E-state index < -0.39 is 0 Å². The van der Waals surface area contributed by atoms with Crippen LogP contribution in [-0.2, 0) is 9.59 Å². The molecule has 4 heteroatoms. The van der Waals surface area contributed by atoms with Crippen LogP contribution in [0.5, 0.6) is 0 Å². The van der Waals surface area contributed by atoms with E-state index in [2.05, 4.69) is 5.32 Å². The molecule has 1 N–H and O–H groups in total. The molecule has 0 saturated carbocycles. The second-order valence-corrected chi connectivity index (χ2v) is 5.10. The summed E-state index contributed by atoms with van der Waals surface area (Å²) in [4.78, 5) is 25.3. The van der Waals surface area contributed by atoms with Gasteiger partial charge in [-0.1, -0.05) is 60.7 Å². The minimum absolute atomic E-state index is 0.0950. The van der Waals surface area contributed by atoms with Crippen LogP contribution in [-0.4, -0.2) is 29.8 Å². The normalized spacial score (nSPS) is 16.0. The summed E-state index contributed by atoms with van der Waals surface area (Å²) in [5.74, 6) is -0.494. The first-order chi connectivity index (χ1) is 10.2. The van der Waals surface area contributed by atoms with E-state index in [-0.39, 0.29) is 30.9 Å². The van der Waals surface area contributed by atoms with Gasteiger partial charge in [-0.05, 0) is 11.1 Å². The van der Waals surface area contributed by atoms with Crippen LogP contribution in [0, 0.1) is 0 Å². The third kappa shape index (κ3) is 3.01. The van der Waals surface area contributed by atoms with Crippen molar-refractivity contribution >= 4 is 11.8 Å². The van der Waals surface area contributed by atoms with Crippen LogP contribution in [0.3, 0.4) is 0 Å². The summed E-state index contributed by atoms with van der Waals surface area (Å²) in [6.07, 6.45) is 0. The molecule has 2 amide bonds. The Kier molecular flexibility index (Phi) is 3.79. The fourth-order valence-corrected chi connectivity index (χ4v) is 2.73. The maximum atomic E-state index is 11.7. The van der Waals surface area contributed by atoms with Gasteiger partial charge in [-0.15, -0.1) is 0 Å². The molecule has 0 unspecified atom stereocenters. The fraction of sp³-hybridized carbons (Fsp3) is 0.176. The number of imide groups is 1. The molecular weight excluding hydrogens is 264 g/mol. The van der Waals surface area contributed by atoms with Crippen LogP contribution in [0.15, 0.2) is 60.7 Å². The topological polar surface area (TPSA) is 49.4 Å². The molecule has 4 nitrogen and oxygen atoms in total. The van der Waals surface area contributed by atoms with Gasteiger partial charge in [-0.25, -0.2) is 0 Å². The number of hydrogen-bond donors (Lipinski definition) is 1. The van der Waals surface area contributed by atoms with Crippen molar-refractivity contribution in [3.8, 4) is 0 Å².